The molecule has 4 aromatic carbocycles. The smallest absolute Gasteiger partial charge is 0.262 e. The molecule has 0 fully saturated rings. The van der Waals surface area contributed by atoms with E-state index >= 15 is 0 Å². The zero-order valence-corrected chi connectivity index (χ0v) is 21.5. The van der Waals surface area contributed by atoms with Crippen molar-refractivity contribution in [1.82, 2.24) is 0 Å². The first-order valence-electron chi connectivity index (χ1n) is 11.0. The Balaban J connectivity index is 1.69. The van der Waals surface area contributed by atoms with E-state index < -0.39 is 15.9 Å². The molecule has 1 amide bonds. The van der Waals surface area contributed by atoms with Crippen LogP contribution in [0.4, 0.5) is 11.4 Å². The summed E-state index contributed by atoms with van der Waals surface area (Å²) in [4.78, 5) is 13.2. The Morgan fingerprint density at radius 2 is 1.49 bits per heavy atom. The topological polar surface area (TPSA) is 103 Å². The van der Waals surface area contributed by atoms with Gasteiger partial charge in [-0.3, -0.25) is 9.52 Å². The van der Waals surface area contributed by atoms with Crippen LogP contribution in [0, 0.1) is 0 Å². The molecule has 0 aromatic heterocycles. The summed E-state index contributed by atoms with van der Waals surface area (Å²) in [6.07, 6.45) is 0. The molecule has 0 bridgehead atoms. The molecule has 0 aliphatic carbocycles. The number of ether oxygens (including phenoxy) is 3. The molecular weight excluding hydrogens is 516 g/mol. The molecule has 0 saturated heterocycles. The lowest BCUT2D eigenvalue weighted by molar-refractivity contribution is 0.102. The first kappa shape index (κ1) is 25.9. The van der Waals surface area contributed by atoms with Gasteiger partial charge in [-0.1, -0.05) is 29.8 Å². The number of rotatable bonds is 9. The second kappa shape index (κ2) is 11.2. The molecular formula is C27H23ClN2O6S. The Hall–Kier alpha value is -4.21. The Labute approximate surface area is 219 Å². The van der Waals surface area contributed by atoms with Crippen molar-refractivity contribution >= 4 is 38.9 Å². The summed E-state index contributed by atoms with van der Waals surface area (Å²) in [6, 6.07) is 24.2. The average molecular weight is 539 g/mol. The standard InChI is InChI=1S/C27H23ClN2O6S/c1-34-25-15-13-22(17-26(25)35-2)37(32,33)30-24-14-12-21(36-20-6-4-3-5-7-20)16-23(24)27(31)29-19-10-8-18(28)9-11-19/h3-17,30H,1-2H3,(H,29,31). The maximum absolute atomic E-state index is 13.3. The zero-order valence-electron chi connectivity index (χ0n) is 19.9. The first-order valence-corrected chi connectivity index (χ1v) is 12.8. The van der Waals surface area contributed by atoms with E-state index in [-0.39, 0.29) is 21.9 Å². The van der Waals surface area contributed by atoms with Crippen LogP contribution in [0.3, 0.4) is 0 Å². The molecule has 0 atom stereocenters. The van der Waals surface area contributed by atoms with Crippen molar-refractivity contribution in [2.75, 3.05) is 24.3 Å². The van der Waals surface area contributed by atoms with Crippen LogP contribution in [0.5, 0.6) is 23.0 Å². The van der Waals surface area contributed by atoms with Crippen molar-refractivity contribution in [2.45, 2.75) is 4.90 Å². The lowest BCUT2D eigenvalue weighted by atomic mass is 10.1. The van der Waals surface area contributed by atoms with Gasteiger partial charge >= 0.3 is 0 Å². The number of hydrogen-bond acceptors (Lipinski definition) is 6. The van der Waals surface area contributed by atoms with E-state index in [1.54, 1.807) is 42.5 Å². The van der Waals surface area contributed by atoms with Crippen molar-refractivity contribution in [2.24, 2.45) is 0 Å². The summed E-state index contributed by atoms with van der Waals surface area (Å²) in [5.74, 6) is 0.988. The number of para-hydroxylation sites is 1. The number of nitrogens with one attached hydrogen (secondary N) is 2. The van der Waals surface area contributed by atoms with Gasteiger partial charge in [0.15, 0.2) is 11.5 Å². The Morgan fingerprint density at radius 1 is 0.784 bits per heavy atom. The first-order chi connectivity index (χ1) is 17.8. The molecule has 0 spiro atoms. The van der Waals surface area contributed by atoms with Crippen LogP contribution in [0.25, 0.3) is 0 Å². The van der Waals surface area contributed by atoms with Crippen LogP contribution < -0.4 is 24.2 Å². The monoisotopic (exact) mass is 538 g/mol. The Morgan fingerprint density at radius 3 is 2.16 bits per heavy atom. The molecule has 2 N–H and O–H groups in total. The summed E-state index contributed by atoms with van der Waals surface area (Å²) in [6.45, 7) is 0. The van der Waals surface area contributed by atoms with E-state index in [2.05, 4.69) is 10.0 Å². The lowest BCUT2D eigenvalue weighted by Gasteiger charge is -2.16. The molecule has 0 aliphatic heterocycles. The molecule has 0 saturated carbocycles. The van der Waals surface area contributed by atoms with Gasteiger partial charge in [-0.25, -0.2) is 8.42 Å². The number of benzene rings is 4. The number of anilines is 2. The number of methoxy groups -OCH3 is 2. The van der Waals surface area contributed by atoms with Gasteiger partial charge < -0.3 is 19.5 Å². The third-order valence-electron chi connectivity index (χ3n) is 5.23. The van der Waals surface area contributed by atoms with Crippen LogP contribution in [0.1, 0.15) is 10.4 Å². The Bertz CT molecular complexity index is 1510. The minimum absolute atomic E-state index is 0.0485. The number of carbonyl (C=O) groups is 1. The van der Waals surface area contributed by atoms with Crippen molar-refractivity contribution in [3.05, 3.63) is 102 Å². The van der Waals surface area contributed by atoms with Gasteiger partial charge in [0.1, 0.15) is 11.5 Å². The molecule has 0 aliphatic rings. The second-order valence-electron chi connectivity index (χ2n) is 7.71. The van der Waals surface area contributed by atoms with Crippen LogP contribution in [0.15, 0.2) is 95.9 Å². The SMILES string of the molecule is COc1ccc(S(=O)(=O)Nc2ccc(Oc3ccccc3)cc2C(=O)Nc2ccc(Cl)cc2)cc1OC. The lowest BCUT2D eigenvalue weighted by Crippen LogP contribution is -2.19. The third-order valence-corrected chi connectivity index (χ3v) is 6.84. The predicted molar refractivity (Wildman–Crippen MR) is 143 cm³/mol. The van der Waals surface area contributed by atoms with Crippen molar-refractivity contribution in [3.63, 3.8) is 0 Å². The van der Waals surface area contributed by atoms with Gasteiger partial charge in [0, 0.05) is 16.8 Å². The Kier molecular flexibility index (Phi) is 7.86. The van der Waals surface area contributed by atoms with Crippen LogP contribution in [-0.4, -0.2) is 28.5 Å². The van der Waals surface area contributed by atoms with Crippen molar-refractivity contribution in [3.8, 4) is 23.0 Å². The van der Waals surface area contributed by atoms with Gasteiger partial charge in [0.2, 0.25) is 0 Å². The van der Waals surface area contributed by atoms with Gasteiger partial charge in [-0.15, -0.1) is 0 Å². The number of halogens is 1. The normalized spacial score (nSPS) is 10.9. The minimum Gasteiger partial charge on any atom is -0.493 e. The predicted octanol–water partition coefficient (Wildman–Crippen LogP) is 6.20. The molecule has 0 unspecified atom stereocenters. The maximum Gasteiger partial charge on any atom is 0.262 e. The molecule has 8 nitrogen and oxygen atoms in total. The molecule has 190 valence electrons. The molecule has 0 radical (unpaired) electrons. The summed E-state index contributed by atoms with van der Waals surface area (Å²) < 4.78 is 45.2. The highest BCUT2D eigenvalue weighted by Gasteiger charge is 2.22. The van der Waals surface area contributed by atoms with Gasteiger partial charge in [-0.05, 0) is 66.7 Å². The van der Waals surface area contributed by atoms with E-state index in [0.29, 0.717) is 28.0 Å². The molecule has 10 heteroatoms. The van der Waals surface area contributed by atoms with Crippen molar-refractivity contribution < 1.29 is 27.4 Å². The van der Waals surface area contributed by atoms with Crippen LogP contribution in [-0.2, 0) is 10.0 Å². The maximum atomic E-state index is 13.3. The van der Waals surface area contributed by atoms with E-state index in [1.807, 2.05) is 18.2 Å². The number of hydrogen-bond donors (Lipinski definition) is 2. The van der Waals surface area contributed by atoms with E-state index in [4.69, 9.17) is 25.8 Å². The minimum atomic E-state index is -4.10. The molecule has 0 heterocycles. The fourth-order valence-corrected chi connectivity index (χ4v) is 4.63. The van der Waals surface area contributed by atoms with Gasteiger partial charge in [-0.2, -0.15) is 0 Å². The van der Waals surface area contributed by atoms with Gasteiger partial charge in [0.05, 0.1) is 30.4 Å². The molecule has 4 rings (SSSR count). The van der Waals surface area contributed by atoms with Crippen LogP contribution in [0.2, 0.25) is 5.02 Å². The van der Waals surface area contributed by atoms with E-state index in [0.717, 1.165) is 0 Å². The summed E-state index contributed by atoms with van der Waals surface area (Å²) in [5, 5.41) is 3.26. The van der Waals surface area contributed by atoms with E-state index in [9.17, 15) is 13.2 Å². The third kappa shape index (κ3) is 6.32. The largest absolute Gasteiger partial charge is 0.493 e. The highest BCUT2D eigenvalue weighted by molar-refractivity contribution is 7.92. The number of amides is 1. The highest BCUT2D eigenvalue weighted by Crippen LogP contribution is 2.32. The summed E-state index contributed by atoms with van der Waals surface area (Å²) >= 11 is 5.94. The van der Waals surface area contributed by atoms with E-state index in [1.165, 1.54) is 44.6 Å². The summed E-state index contributed by atoms with van der Waals surface area (Å²) in [7, 11) is -1.24. The van der Waals surface area contributed by atoms with Crippen LogP contribution >= 0.6 is 11.6 Å². The van der Waals surface area contributed by atoms with Gasteiger partial charge in [0.25, 0.3) is 15.9 Å². The second-order valence-corrected chi connectivity index (χ2v) is 9.82. The fourth-order valence-electron chi connectivity index (χ4n) is 3.41. The number of sulfonamides is 1. The molecule has 4 aromatic rings. The highest BCUT2D eigenvalue weighted by atomic mass is 35.5. The van der Waals surface area contributed by atoms with Crippen molar-refractivity contribution in [1.29, 1.82) is 0 Å². The summed E-state index contributed by atoms with van der Waals surface area (Å²) in [5.41, 5.74) is 0.589. The zero-order chi connectivity index (χ0) is 26.4. The number of carbonyl (C=O) groups excluding carboxylic acids is 1. The quantitative estimate of drug-likeness (QED) is 0.263. The molecule has 37 heavy (non-hydrogen) atoms. The fraction of sp³-hybridized carbons (Fsp3) is 0.0741. The average Bonchev–Trinajstić information content (AvgIpc) is 2.90.